The molecule has 2 aromatic heterocycles. The van der Waals surface area contributed by atoms with Crippen LogP contribution in [0.3, 0.4) is 0 Å². The number of benzene rings is 5. The third-order valence-electron chi connectivity index (χ3n) is 10.6. The Morgan fingerprint density at radius 3 is 2.19 bits per heavy atom. The van der Waals surface area contributed by atoms with Crippen LogP contribution < -0.4 is 4.90 Å². The standard InChI is InChI=1S/C48H36N4/c1-4-15-33(16-5-1)41-32-46(50-48(49-41)36-18-6-2-7-19-36)52-43-25-13-11-22-40(43)47-39(23-14-26-44(47)52)37-30-29-35-28-27-34-17-10-12-24-42(34)51(45(35)31-37)38-20-8-3-9-21-38/h1-23,25-28,31-32,42H,24,29-30H2. The highest BCUT2D eigenvalue weighted by atomic mass is 15.2. The highest BCUT2D eigenvalue weighted by Gasteiger charge is 2.30. The van der Waals surface area contributed by atoms with Crippen LogP contribution in [0, 0.1) is 0 Å². The summed E-state index contributed by atoms with van der Waals surface area (Å²) in [6, 6.07) is 49.5. The first-order valence-corrected chi connectivity index (χ1v) is 18.2. The molecule has 4 heteroatoms. The zero-order chi connectivity index (χ0) is 34.4. The maximum atomic E-state index is 5.27. The van der Waals surface area contributed by atoms with Gasteiger partial charge in [0.15, 0.2) is 5.82 Å². The molecule has 1 atom stereocenters. The summed E-state index contributed by atoms with van der Waals surface area (Å²) in [5.74, 6) is 1.56. The summed E-state index contributed by atoms with van der Waals surface area (Å²) in [6.07, 6.45) is 16.9. The molecule has 2 aliphatic carbocycles. The van der Waals surface area contributed by atoms with Gasteiger partial charge in [-0.25, -0.2) is 9.97 Å². The van der Waals surface area contributed by atoms with Crippen LogP contribution >= 0.6 is 0 Å². The van der Waals surface area contributed by atoms with Crippen LogP contribution in [0.1, 0.15) is 24.8 Å². The lowest BCUT2D eigenvalue weighted by Gasteiger charge is -2.37. The normalized spacial score (nSPS) is 16.8. The lowest BCUT2D eigenvalue weighted by molar-refractivity contribution is 0.733. The molecule has 0 bridgehead atoms. The predicted molar refractivity (Wildman–Crippen MR) is 215 cm³/mol. The highest BCUT2D eigenvalue weighted by Crippen LogP contribution is 2.44. The van der Waals surface area contributed by atoms with Crippen molar-refractivity contribution in [3.8, 4) is 28.5 Å². The van der Waals surface area contributed by atoms with E-state index >= 15 is 0 Å². The van der Waals surface area contributed by atoms with E-state index in [1.165, 1.54) is 44.4 Å². The molecule has 0 saturated carbocycles. The van der Waals surface area contributed by atoms with E-state index in [1.807, 2.05) is 24.3 Å². The first kappa shape index (κ1) is 30.3. The van der Waals surface area contributed by atoms with Gasteiger partial charge in [-0.3, -0.25) is 4.57 Å². The van der Waals surface area contributed by atoms with Gasteiger partial charge in [-0.2, -0.15) is 0 Å². The van der Waals surface area contributed by atoms with E-state index in [0.29, 0.717) is 5.82 Å². The van der Waals surface area contributed by atoms with Crippen LogP contribution in [-0.2, 0) is 0 Å². The predicted octanol–water partition coefficient (Wildman–Crippen LogP) is 11.7. The van der Waals surface area contributed by atoms with Crippen LogP contribution in [0.5, 0.6) is 0 Å². The van der Waals surface area contributed by atoms with E-state index in [2.05, 4.69) is 161 Å². The molecule has 1 unspecified atom stereocenters. The molecule has 248 valence electrons. The Labute approximate surface area is 303 Å². The van der Waals surface area contributed by atoms with E-state index < -0.39 is 0 Å². The average Bonchev–Trinajstić information content (AvgIpc) is 3.47. The number of rotatable bonds is 5. The number of nitrogens with zero attached hydrogens (tertiary/aromatic N) is 4. The monoisotopic (exact) mass is 668 g/mol. The van der Waals surface area contributed by atoms with Gasteiger partial charge in [0.05, 0.1) is 22.8 Å². The summed E-state index contributed by atoms with van der Waals surface area (Å²) in [6.45, 7) is 0. The van der Waals surface area contributed by atoms with E-state index in [-0.39, 0.29) is 6.04 Å². The van der Waals surface area contributed by atoms with Crippen LogP contribution in [0.25, 0.3) is 55.8 Å². The van der Waals surface area contributed by atoms with E-state index in [9.17, 15) is 0 Å². The molecule has 52 heavy (non-hydrogen) atoms. The Morgan fingerprint density at radius 1 is 0.635 bits per heavy atom. The Kier molecular flexibility index (Phi) is 7.38. The molecular formula is C48H36N4. The first-order valence-electron chi connectivity index (χ1n) is 18.2. The number of anilines is 1. The maximum absolute atomic E-state index is 5.27. The molecule has 1 aliphatic heterocycles. The van der Waals surface area contributed by atoms with E-state index in [1.54, 1.807) is 0 Å². The molecule has 10 rings (SSSR count). The molecule has 0 saturated heterocycles. The molecule has 3 heterocycles. The van der Waals surface area contributed by atoms with Crippen LogP contribution in [-0.4, -0.2) is 20.6 Å². The molecule has 7 aromatic rings. The number of allylic oxidation sites excluding steroid dienone is 6. The zero-order valence-corrected chi connectivity index (χ0v) is 28.7. The van der Waals surface area contributed by atoms with Crippen molar-refractivity contribution >= 4 is 33.1 Å². The number of para-hydroxylation sites is 2. The van der Waals surface area contributed by atoms with Gasteiger partial charge in [-0.1, -0.05) is 140 Å². The summed E-state index contributed by atoms with van der Waals surface area (Å²) in [5.41, 5.74) is 13.1. The lowest BCUT2D eigenvalue weighted by Crippen LogP contribution is -2.36. The number of aromatic nitrogens is 3. The zero-order valence-electron chi connectivity index (χ0n) is 28.7. The third-order valence-corrected chi connectivity index (χ3v) is 10.6. The molecule has 0 N–H and O–H groups in total. The summed E-state index contributed by atoms with van der Waals surface area (Å²) in [4.78, 5) is 12.9. The second-order valence-corrected chi connectivity index (χ2v) is 13.7. The first-order chi connectivity index (χ1) is 25.8. The van der Waals surface area contributed by atoms with Crippen LogP contribution in [0.15, 0.2) is 193 Å². The van der Waals surface area contributed by atoms with Crippen molar-refractivity contribution in [2.24, 2.45) is 0 Å². The second kappa shape index (κ2) is 12.7. The molecule has 0 radical (unpaired) electrons. The summed E-state index contributed by atoms with van der Waals surface area (Å²) < 4.78 is 2.33. The molecule has 3 aliphatic rings. The summed E-state index contributed by atoms with van der Waals surface area (Å²) >= 11 is 0. The van der Waals surface area contributed by atoms with Gasteiger partial charge in [-0.05, 0) is 71.9 Å². The molecule has 4 nitrogen and oxygen atoms in total. The minimum absolute atomic E-state index is 0.250. The van der Waals surface area contributed by atoms with E-state index in [4.69, 9.17) is 9.97 Å². The van der Waals surface area contributed by atoms with Crippen LogP contribution in [0.4, 0.5) is 5.69 Å². The minimum Gasteiger partial charge on any atom is -0.333 e. The minimum atomic E-state index is 0.250. The van der Waals surface area contributed by atoms with Gasteiger partial charge >= 0.3 is 0 Å². The molecule has 0 fully saturated rings. The lowest BCUT2D eigenvalue weighted by atomic mass is 9.88. The fourth-order valence-electron chi connectivity index (χ4n) is 8.22. The van der Waals surface area contributed by atoms with Crippen molar-refractivity contribution in [2.75, 3.05) is 4.90 Å². The fraction of sp³-hybridized carbons (Fsp3) is 0.0833. The van der Waals surface area contributed by atoms with Crippen molar-refractivity contribution in [1.82, 2.24) is 14.5 Å². The van der Waals surface area contributed by atoms with Gasteiger partial charge in [0.25, 0.3) is 0 Å². The second-order valence-electron chi connectivity index (χ2n) is 13.7. The van der Waals surface area contributed by atoms with Gasteiger partial charge in [0.1, 0.15) is 5.82 Å². The SMILES string of the molecule is C1=CCC2C(=C1)C=CC1=C(C=C(c3cccc4c3c3ccccc3n4-c3cc(-c4ccccc4)nc(-c4ccccc4)n3)CC1)N2c1ccccc1. The molecule has 5 aromatic carbocycles. The third kappa shape index (κ3) is 5.15. The maximum Gasteiger partial charge on any atom is 0.162 e. The van der Waals surface area contributed by atoms with Crippen molar-refractivity contribution < 1.29 is 0 Å². The van der Waals surface area contributed by atoms with Gasteiger partial charge in [-0.15, -0.1) is 0 Å². The number of hydrogen-bond donors (Lipinski definition) is 0. The van der Waals surface area contributed by atoms with Crippen molar-refractivity contribution in [3.05, 3.63) is 198 Å². The smallest absolute Gasteiger partial charge is 0.162 e. The Balaban J connectivity index is 1.18. The fourth-order valence-corrected chi connectivity index (χ4v) is 8.22. The Hall–Kier alpha value is -6.52. The molecule has 0 amide bonds. The van der Waals surface area contributed by atoms with Crippen molar-refractivity contribution in [1.29, 1.82) is 0 Å². The summed E-state index contributed by atoms with van der Waals surface area (Å²) in [5, 5.41) is 2.48. The Bertz CT molecular complexity index is 2580. The highest BCUT2D eigenvalue weighted by molar-refractivity contribution is 6.14. The quantitative estimate of drug-likeness (QED) is 0.183. The number of fused-ring (bicyclic) bond motifs is 4. The summed E-state index contributed by atoms with van der Waals surface area (Å²) in [7, 11) is 0. The average molecular weight is 669 g/mol. The Morgan fingerprint density at radius 2 is 1.37 bits per heavy atom. The largest absolute Gasteiger partial charge is 0.333 e. The van der Waals surface area contributed by atoms with Crippen molar-refractivity contribution in [2.45, 2.75) is 25.3 Å². The molecule has 0 spiro atoms. The molecular weight excluding hydrogens is 633 g/mol. The van der Waals surface area contributed by atoms with Crippen LogP contribution in [0.2, 0.25) is 0 Å². The topological polar surface area (TPSA) is 34.0 Å². The van der Waals surface area contributed by atoms with Gasteiger partial charge in [0.2, 0.25) is 0 Å². The van der Waals surface area contributed by atoms with Gasteiger partial charge < -0.3 is 4.90 Å². The van der Waals surface area contributed by atoms with Crippen molar-refractivity contribution in [3.63, 3.8) is 0 Å². The van der Waals surface area contributed by atoms with Gasteiger partial charge in [0, 0.05) is 39.4 Å². The van der Waals surface area contributed by atoms with E-state index in [0.717, 1.165) is 52.9 Å². The number of hydrogen-bond acceptors (Lipinski definition) is 3.